The highest BCUT2D eigenvalue weighted by Crippen LogP contribution is 2.26. The molecule has 6 nitrogen and oxygen atoms in total. The minimum absolute atomic E-state index is 0.165. The quantitative estimate of drug-likeness (QED) is 0.370. The van der Waals surface area contributed by atoms with Crippen LogP contribution in [0.4, 0.5) is 0 Å². The molecule has 7 heteroatoms. The highest BCUT2D eigenvalue weighted by atomic mass is 35.5. The Hall–Kier alpha value is -1.79. The molecule has 2 fully saturated rings. The molecule has 1 atom stereocenters. The number of halogens is 1. The van der Waals surface area contributed by atoms with E-state index in [-0.39, 0.29) is 5.91 Å². The number of rotatable bonds is 7. The maximum atomic E-state index is 12.2. The number of hydrogen-bond acceptors (Lipinski definition) is 3. The first kappa shape index (κ1) is 20.9. The lowest BCUT2D eigenvalue weighted by Crippen LogP contribution is -2.45. The summed E-state index contributed by atoms with van der Waals surface area (Å²) in [6, 6.07) is 8.29. The van der Waals surface area contributed by atoms with Gasteiger partial charge in [0.05, 0.1) is 17.1 Å². The number of amides is 1. The van der Waals surface area contributed by atoms with E-state index in [1.807, 2.05) is 12.1 Å². The second-order valence-electron chi connectivity index (χ2n) is 7.56. The Morgan fingerprint density at radius 2 is 2.00 bits per heavy atom. The standard InChI is InChI=1S/C21H32ClN5O/c1-2-23-21(26-16-11-14-27(15-16)17-7-3-4-8-17)25-13-12-24-20(28)18-9-5-6-10-19(18)22/h5-6,9-10,16-17H,2-4,7-8,11-15H2,1H3,(H,24,28)(H2,23,25,26). The van der Waals surface area contributed by atoms with Crippen LogP contribution in [0.15, 0.2) is 29.3 Å². The molecule has 1 aliphatic heterocycles. The molecule has 0 radical (unpaired) electrons. The van der Waals surface area contributed by atoms with Crippen LogP contribution in [0.5, 0.6) is 0 Å². The second kappa shape index (κ2) is 10.7. The molecule has 1 saturated heterocycles. The molecule has 154 valence electrons. The smallest absolute Gasteiger partial charge is 0.252 e. The van der Waals surface area contributed by atoms with E-state index in [0.717, 1.165) is 31.5 Å². The van der Waals surface area contributed by atoms with Gasteiger partial charge in [0.25, 0.3) is 5.91 Å². The Bertz CT molecular complexity index is 675. The van der Waals surface area contributed by atoms with Gasteiger partial charge < -0.3 is 16.0 Å². The van der Waals surface area contributed by atoms with Crippen molar-refractivity contribution in [1.29, 1.82) is 0 Å². The maximum absolute atomic E-state index is 12.2. The summed E-state index contributed by atoms with van der Waals surface area (Å²) in [5, 5.41) is 10.2. The number of hydrogen-bond donors (Lipinski definition) is 3. The average Bonchev–Trinajstić information content (AvgIpc) is 3.37. The molecule has 3 N–H and O–H groups in total. The highest BCUT2D eigenvalue weighted by molar-refractivity contribution is 6.33. The van der Waals surface area contributed by atoms with Gasteiger partial charge in [0.2, 0.25) is 0 Å². The number of nitrogens with one attached hydrogen (secondary N) is 3. The Balaban J connectivity index is 1.44. The maximum Gasteiger partial charge on any atom is 0.252 e. The van der Waals surface area contributed by atoms with Crippen LogP contribution in [-0.2, 0) is 0 Å². The SMILES string of the molecule is CCNC(=NCCNC(=O)c1ccccc1Cl)NC1CCN(C2CCCC2)C1. The lowest BCUT2D eigenvalue weighted by Gasteiger charge is -2.24. The fraction of sp³-hybridized carbons (Fsp3) is 0.619. The topological polar surface area (TPSA) is 68.8 Å². The molecule has 1 aliphatic carbocycles. The number of aliphatic imine (C=N–C) groups is 1. The van der Waals surface area contributed by atoms with E-state index in [2.05, 4.69) is 32.8 Å². The molecule has 28 heavy (non-hydrogen) atoms. The first-order valence-corrected chi connectivity index (χ1v) is 10.9. The number of benzene rings is 1. The zero-order valence-corrected chi connectivity index (χ0v) is 17.5. The minimum Gasteiger partial charge on any atom is -0.357 e. The monoisotopic (exact) mass is 405 g/mol. The van der Waals surface area contributed by atoms with Gasteiger partial charge >= 0.3 is 0 Å². The number of likely N-dealkylation sites (tertiary alicyclic amines) is 1. The number of carbonyl (C=O) groups excluding carboxylic acids is 1. The van der Waals surface area contributed by atoms with Crippen molar-refractivity contribution in [2.45, 2.75) is 51.1 Å². The van der Waals surface area contributed by atoms with Crippen molar-refractivity contribution in [3.05, 3.63) is 34.9 Å². The third kappa shape index (κ3) is 5.85. The molecular weight excluding hydrogens is 374 g/mol. The molecule has 3 rings (SSSR count). The van der Waals surface area contributed by atoms with Crippen LogP contribution in [0, 0.1) is 0 Å². The van der Waals surface area contributed by atoms with Gasteiger partial charge in [-0.05, 0) is 38.3 Å². The first-order chi connectivity index (χ1) is 13.7. The zero-order chi connectivity index (χ0) is 19.8. The van der Waals surface area contributed by atoms with Crippen LogP contribution in [-0.4, -0.2) is 61.6 Å². The number of guanidine groups is 1. The highest BCUT2D eigenvalue weighted by Gasteiger charge is 2.30. The van der Waals surface area contributed by atoms with Crippen molar-refractivity contribution in [1.82, 2.24) is 20.9 Å². The summed E-state index contributed by atoms with van der Waals surface area (Å²) < 4.78 is 0. The van der Waals surface area contributed by atoms with E-state index in [1.54, 1.807) is 12.1 Å². The third-order valence-electron chi connectivity index (χ3n) is 5.53. The van der Waals surface area contributed by atoms with Gasteiger partial charge in [0.1, 0.15) is 0 Å². The molecule has 0 spiro atoms. The van der Waals surface area contributed by atoms with E-state index >= 15 is 0 Å². The van der Waals surface area contributed by atoms with Crippen molar-refractivity contribution in [3.63, 3.8) is 0 Å². The largest absolute Gasteiger partial charge is 0.357 e. The normalized spacial score (nSPS) is 21.1. The lowest BCUT2D eigenvalue weighted by molar-refractivity contribution is 0.0955. The van der Waals surface area contributed by atoms with Crippen LogP contribution in [0.25, 0.3) is 0 Å². The average molecular weight is 406 g/mol. The van der Waals surface area contributed by atoms with E-state index < -0.39 is 0 Å². The summed E-state index contributed by atoms with van der Waals surface area (Å²) in [7, 11) is 0. The minimum atomic E-state index is -0.165. The molecule has 0 bridgehead atoms. The summed E-state index contributed by atoms with van der Waals surface area (Å²) in [4.78, 5) is 19.4. The van der Waals surface area contributed by atoms with Gasteiger partial charge in [0, 0.05) is 38.3 Å². The molecule has 1 aromatic carbocycles. The van der Waals surface area contributed by atoms with Crippen LogP contribution >= 0.6 is 11.6 Å². The van der Waals surface area contributed by atoms with Gasteiger partial charge in [-0.3, -0.25) is 14.7 Å². The van der Waals surface area contributed by atoms with Crippen LogP contribution < -0.4 is 16.0 Å². The van der Waals surface area contributed by atoms with Gasteiger partial charge in [0.15, 0.2) is 5.96 Å². The molecule has 1 amide bonds. The summed E-state index contributed by atoms with van der Waals surface area (Å²) in [6.45, 7) is 6.14. The number of carbonyl (C=O) groups is 1. The van der Waals surface area contributed by atoms with Gasteiger partial charge in [-0.2, -0.15) is 0 Å². The molecule has 1 unspecified atom stereocenters. The molecule has 0 aromatic heterocycles. The Labute approximate surface area is 173 Å². The predicted octanol–water partition coefficient (Wildman–Crippen LogP) is 2.64. The Morgan fingerprint density at radius 1 is 1.21 bits per heavy atom. The fourth-order valence-electron chi connectivity index (χ4n) is 4.10. The molecular formula is C21H32ClN5O. The van der Waals surface area contributed by atoms with E-state index in [9.17, 15) is 4.79 Å². The second-order valence-corrected chi connectivity index (χ2v) is 7.97. The van der Waals surface area contributed by atoms with E-state index in [1.165, 1.54) is 32.2 Å². The zero-order valence-electron chi connectivity index (χ0n) is 16.7. The molecule has 1 heterocycles. The van der Waals surface area contributed by atoms with E-state index in [4.69, 9.17) is 11.6 Å². The first-order valence-electron chi connectivity index (χ1n) is 10.5. The van der Waals surface area contributed by atoms with E-state index in [0.29, 0.717) is 29.7 Å². The van der Waals surface area contributed by atoms with Crippen molar-refractivity contribution < 1.29 is 4.79 Å². The lowest BCUT2D eigenvalue weighted by atomic mass is 10.2. The Kier molecular flexibility index (Phi) is 7.98. The third-order valence-corrected chi connectivity index (χ3v) is 5.86. The van der Waals surface area contributed by atoms with Gasteiger partial charge in [-0.15, -0.1) is 0 Å². The molecule has 2 aliphatic rings. The summed E-state index contributed by atoms with van der Waals surface area (Å²) in [5.74, 6) is 0.662. The molecule has 1 saturated carbocycles. The van der Waals surface area contributed by atoms with Crippen molar-refractivity contribution in [2.75, 3.05) is 32.7 Å². The molecule has 1 aromatic rings. The fourth-order valence-corrected chi connectivity index (χ4v) is 4.32. The van der Waals surface area contributed by atoms with Crippen molar-refractivity contribution in [2.24, 2.45) is 4.99 Å². The van der Waals surface area contributed by atoms with Crippen molar-refractivity contribution in [3.8, 4) is 0 Å². The van der Waals surface area contributed by atoms with Crippen LogP contribution in [0.1, 0.15) is 49.4 Å². The van der Waals surface area contributed by atoms with Crippen molar-refractivity contribution >= 4 is 23.5 Å². The van der Waals surface area contributed by atoms with Crippen LogP contribution in [0.2, 0.25) is 5.02 Å². The predicted molar refractivity (Wildman–Crippen MR) is 115 cm³/mol. The number of nitrogens with zero attached hydrogens (tertiary/aromatic N) is 2. The van der Waals surface area contributed by atoms with Gasteiger partial charge in [-0.25, -0.2) is 0 Å². The Morgan fingerprint density at radius 3 is 2.75 bits per heavy atom. The summed E-state index contributed by atoms with van der Waals surface area (Å²) in [5.41, 5.74) is 0.496. The summed E-state index contributed by atoms with van der Waals surface area (Å²) >= 11 is 6.07. The van der Waals surface area contributed by atoms with Gasteiger partial charge in [-0.1, -0.05) is 36.6 Å². The summed E-state index contributed by atoms with van der Waals surface area (Å²) in [6.07, 6.45) is 6.62. The van der Waals surface area contributed by atoms with Crippen LogP contribution in [0.3, 0.4) is 0 Å².